The second-order valence-corrected chi connectivity index (χ2v) is 3.79. The van der Waals surface area contributed by atoms with E-state index in [0.29, 0.717) is 0 Å². The van der Waals surface area contributed by atoms with E-state index >= 15 is 0 Å². The number of hydrogen-bond acceptors (Lipinski definition) is 1. The molecule has 0 bridgehead atoms. The normalized spacial score (nSPS) is 22.7. The first-order chi connectivity index (χ1) is 4.12. The maximum absolute atomic E-state index is 5.89. The highest BCUT2D eigenvalue weighted by atomic mass is 14.8. The van der Waals surface area contributed by atoms with E-state index in [-0.39, 0.29) is 5.54 Å². The van der Waals surface area contributed by atoms with Crippen molar-refractivity contribution in [3.8, 4) is 0 Å². The average molecular weight is 127 g/mol. The molecule has 0 aliphatic heterocycles. The lowest BCUT2D eigenvalue weighted by Gasteiger charge is -2.09. The summed E-state index contributed by atoms with van der Waals surface area (Å²) in [5.74, 6) is 0.825. The van der Waals surface area contributed by atoms with Crippen molar-refractivity contribution in [2.45, 2.75) is 45.1 Å². The van der Waals surface area contributed by atoms with Crippen LogP contribution in [0.15, 0.2) is 0 Å². The smallest absolute Gasteiger partial charge is 0.0155 e. The zero-order chi connectivity index (χ0) is 6.91. The van der Waals surface area contributed by atoms with Crippen LogP contribution in [-0.2, 0) is 0 Å². The van der Waals surface area contributed by atoms with Gasteiger partial charge in [0, 0.05) is 5.54 Å². The second-order valence-electron chi connectivity index (χ2n) is 3.79. The van der Waals surface area contributed by atoms with Gasteiger partial charge in [-0.3, -0.25) is 0 Å². The van der Waals surface area contributed by atoms with Crippen LogP contribution < -0.4 is 5.73 Å². The minimum atomic E-state index is 0.282. The predicted molar refractivity (Wildman–Crippen MR) is 40.2 cm³/mol. The molecule has 0 radical (unpaired) electrons. The Bertz CT molecular complexity index is 92.7. The molecular formula is C8H17N. The SMILES string of the molecule is CC(C)CCC1(N)CC1. The maximum Gasteiger partial charge on any atom is 0.0155 e. The van der Waals surface area contributed by atoms with Gasteiger partial charge in [0.25, 0.3) is 0 Å². The van der Waals surface area contributed by atoms with Crippen molar-refractivity contribution in [2.75, 3.05) is 0 Å². The molecule has 0 aromatic heterocycles. The first-order valence-corrected chi connectivity index (χ1v) is 3.91. The molecule has 0 saturated heterocycles. The minimum Gasteiger partial charge on any atom is -0.325 e. The quantitative estimate of drug-likeness (QED) is 0.615. The Labute approximate surface area is 57.6 Å². The van der Waals surface area contributed by atoms with Crippen LogP contribution in [0.5, 0.6) is 0 Å². The molecule has 1 nitrogen and oxygen atoms in total. The van der Waals surface area contributed by atoms with Crippen molar-refractivity contribution < 1.29 is 0 Å². The van der Waals surface area contributed by atoms with Crippen molar-refractivity contribution in [2.24, 2.45) is 11.7 Å². The van der Waals surface area contributed by atoms with Crippen molar-refractivity contribution in [1.29, 1.82) is 0 Å². The van der Waals surface area contributed by atoms with Crippen LogP contribution in [0.2, 0.25) is 0 Å². The van der Waals surface area contributed by atoms with Crippen molar-refractivity contribution in [1.82, 2.24) is 0 Å². The molecule has 1 heteroatoms. The van der Waals surface area contributed by atoms with Gasteiger partial charge in [-0.2, -0.15) is 0 Å². The third-order valence-corrected chi connectivity index (χ3v) is 2.11. The second kappa shape index (κ2) is 2.30. The standard InChI is InChI=1S/C8H17N/c1-7(2)3-4-8(9)5-6-8/h7H,3-6,9H2,1-2H3. The van der Waals surface area contributed by atoms with Gasteiger partial charge in [0.2, 0.25) is 0 Å². The van der Waals surface area contributed by atoms with Crippen LogP contribution in [-0.4, -0.2) is 5.54 Å². The van der Waals surface area contributed by atoms with E-state index in [0.717, 1.165) is 5.92 Å². The van der Waals surface area contributed by atoms with Gasteiger partial charge < -0.3 is 5.73 Å². The van der Waals surface area contributed by atoms with E-state index in [2.05, 4.69) is 13.8 Å². The summed E-state index contributed by atoms with van der Waals surface area (Å²) in [4.78, 5) is 0. The molecule has 1 rings (SSSR count). The van der Waals surface area contributed by atoms with E-state index in [9.17, 15) is 0 Å². The summed E-state index contributed by atoms with van der Waals surface area (Å²) in [5, 5.41) is 0. The molecule has 0 amide bonds. The van der Waals surface area contributed by atoms with Gasteiger partial charge in [-0.15, -0.1) is 0 Å². The Morgan fingerprint density at radius 2 is 2.00 bits per heavy atom. The van der Waals surface area contributed by atoms with Crippen molar-refractivity contribution in [3.05, 3.63) is 0 Å². The maximum atomic E-state index is 5.89. The number of hydrogen-bond donors (Lipinski definition) is 1. The zero-order valence-electron chi connectivity index (χ0n) is 6.48. The fraction of sp³-hybridized carbons (Fsp3) is 1.00. The van der Waals surface area contributed by atoms with Crippen LogP contribution in [0.3, 0.4) is 0 Å². The van der Waals surface area contributed by atoms with Crippen LogP contribution in [0.25, 0.3) is 0 Å². The summed E-state index contributed by atoms with van der Waals surface area (Å²) >= 11 is 0. The number of nitrogens with two attached hydrogens (primary N) is 1. The Kier molecular flexibility index (Phi) is 1.80. The molecule has 0 aromatic rings. The highest BCUT2D eigenvalue weighted by Gasteiger charge is 2.37. The Hall–Kier alpha value is -0.0400. The molecule has 0 aromatic carbocycles. The van der Waals surface area contributed by atoms with Crippen LogP contribution in [0.4, 0.5) is 0 Å². The summed E-state index contributed by atoms with van der Waals surface area (Å²) in [6.07, 6.45) is 5.07. The van der Waals surface area contributed by atoms with Crippen molar-refractivity contribution >= 4 is 0 Å². The molecule has 0 unspecified atom stereocenters. The molecule has 0 atom stereocenters. The highest BCUT2D eigenvalue weighted by Crippen LogP contribution is 2.37. The van der Waals surface area contributed by atoms with Gasteiger partial charge in [-0.05, 0) is 31.6 Å². The van der Waals surface area contributed by atoms with Gasteiger partial charge in [0.15, 0.2) is 0 Å². The van der Waals surface area contributed by atoms with E-state index < -0.39 is 0 Å². The van der Waals surface area contributed by atoms with E-state index in [1.54, 1.807) is 0 Å². The first-order valence-electron chi connectivity index (χ1n) is 3.91. The van der Waals surface area contributed by atoms with Crippen LogP contribution in [0, 0.1) is 5.92 Å². The Balaban J connectivity index is 2.05. The Morgan fingerprint density at radius 1 is 1.44 bits per heavy atom. The van der Waals surface area contributed by atoms with E-state index in [1.165, 1.54) is 25.7 Å². The fourth-order valence-electron chi connectivity index (χ4n) is 0.987. The average Bonchev–Trinajstić information content (AvgIpc) is 2.45. The summed E-state index contributed by atoms with van der Waals surface area (Å²) in [6.45, 7) is 4.51. The fourth-order valence-corrected chi connectivity index (χ4v) is 0.987. The third-order valence-electron chi connectivity index (χ3n) is 2.11. The molecule has 0 heterocycles. The molecule has 9 heavy (non-hydrogen) atoms. The first kappa shape index (κ1) is 7.07. The van der Waals surface area contributed by atoms with Crippen molar-refractivity contribution in [3.63, 3.8) is 0 Å². The summed E-state index contributed by atoms with van der Waals surface area (Å²) < 4.78 is 0. The molecule has 0 spiro atoms. The lowest BCUT2D eigenvalue weighted by Crippen LogP contribution is -2.21. The van der Waals surface area contributed by atoms with Gasteiger partial charge in [-0.1, -0.05) is 13.8 Å². The van der Waals surface area contributed by atoms with Gasteiger partial charge in [0.05, 0.1) is 0 Å². The predicted octanol–water partition coefficient (Wildman–Crippen LogP) is 1.91. The molecule has 1 fully saturated rings. The number of rotatable bonds is 3. The monoisotopic (exact) mass is 127 g/mol. The largest absolute Gasteiger partial charge is 0.325 e. The summed E-state index contributed by atoms with van der Waals surface area (Å²) in [5.41, 5.74) is 6.18. The Morgan fingerprint density at radius 3 is 2.33 bits per heavy atom. The highest BCUT2D eigenvalue weighted by molar-refractivity contribution is 4.98. The molecule has 54 valence electrons. The topological polar surface area (TPSA) is 26.0 Å². The molecule has 2 N–H and O–H groups in total. The molecule has 1 aliphatic carbocycles. The molecular weight excluding hydrogens is 110 g/mol. The lowest BCUT2D eigenvalue weighted by molar-refractivity contribution is 0.488. The third kappa shape index (κ3) is 2.35. The van der Waals surface area contributed by atoms with Crippen LogP contribution in [0.1, 0.15) is 39.5 Å². The minimum absolute atomic E-state index is 0.282. The van der Waals surface area contributed by atoms with Crippen LogP contribution >= 0.6 is 0 Å². The van der Waals surface area contributed by atoms with Gasteiger partial charge in [0.1, 0.15) is 0 Å². The van der Waals surface area contributed by atoms with Gasteiger partial charge >= 0.3 is 0 Å². The molecule has 1 saturated carbocycles. The van der Waals surface area contributed by atoms with E-state index in [4.69, 9.17) is 5.73 Å². The lowest BCUT2D eigenvalue weighted by atomic mass is 10.0. The summed E-state index contributed by atoms with van der Waals surface area (Å²) in [6, 6.07) is 0. The van der Waals surface area contributed by atoms with Gasteiger partial charge in [-0.25, -0.2) is 0 Å². The summed E-state index contributed by atoms with van der Waals surface area (Å²) in [7, 11) is 0. The zero-order valence-corrected chi connectivity index (χ0v) is 6.48. The molecule has 1 aliphatic rings. The van der Waals surface area contributed by atoms with E-state index in [1.807, 2.05) is 0 Å².